The fourth-order valence-corrected chi connectivity index (χ4v) is 3.31. The lowest BCUT2D eigenvalue weighted by molar-refractivity contribution is -0.117. The van der Waals surface area contributed by atoms with Crippen LogP contribution in [-0.4, -0.2) is 36.7 Å². The van der Waals surface area contributed by atoms with Crippen molar-refractivity contribution < 1.29 is 9.32 Å². The summed E-state index contributed by atoms with van der Waals surface area (Å²) in [6, 6.07) is 15.1. The van der Waals surface area contributed by atoms with E-state index in [1.807, 2.05) is 55.4 Å². The molecule has 1 unspecified atom stereocenters. The molecule has 1 aromatic heterocycles. The third-order valence-electron chi connectivity index (χ3n) is 4.68. The minimum Gasteiger partial charge on any atom is -0.378 e. The Morgan fingerprint density at radius 2 is 1.96 bits per heavy atom. The molecule has 0 radical (unpaired) electrons. The highest BCUT2D eigenvalue weighted by molar-refractivity contribution is 6.30. The summed E-state index contributed by atoms with van der Waals surface area (Å²) in [6.07, 6.45) is 0.360. The second-order valence-electron chi connectivity index (χ2n) is 6.78. The van der Waals surface area contributed by atoms with Crippen molar-refractivity contribution >= 4 is 28.9 Å². The van der Waals surface area contributed by atoms with Gasteiger partial charge in [0.2, 0.25) is 5.91 Å². The molecule has 0 N–H and O–H groups in total. The molecule has 1 aliphatic heterocycles. The predicted octanol–water partition coefficient (Wildman–Crippen LogP) is 3.98. The van der Waals surface area contributed by atoms with Crippen LogP contribution in [0.25, 0.3) is 11.5 Å². The van der Waals surface area contributed by atoms with Crippen LogP contribution in [0.15, 0.2) is 53.1 Å². The standard InChI is InChI=1S/C20H19ClN4O2/c1-24(2)17-5-3-4-13(10-17)20-22-19(23-27-20)14-11-18(26)25(12-14)16-8-6-15(21)7-9-16/h3-10,14H,11-12H2,1-2H3. The number of aromatic nitrogens is 2. The number of halogens is 1. The molecule has 0 saturated carbocycles. The van der Waals surface area contributed by atoms with Crippen molar-refractivity contribution in [1.29, 1.82) is 0 Å². The summed E-state index contributed by atoms with van der Waals surface area (Å²) in [4.78, 5) is 20.7. The van der Waals surface area contributed by atoms with Gasteiger partial charge in [0.1, 0.15) is 0 Å². The number of benzene rings is 2. The van der Waals surface area contributed by atoms with E-state index in [1.165, 1.54) is 0 Å². The largest absolute Gasteiger partial charge is 0.378 e. The van der Waals surface area contributed by atoms with Gasteiger partial charge in [0, 0.05) is 54.9 Å². The molecule has 2 heterocycles. The van der Waals surface area contributed by atoms with Gasteiger partial charge in [0.15, 0.2) is 5.82 Å². The number of amides is 1. The van der Waals surface area contributed by atoms with Crippen molar-refractivity contribution in [3.8, 4) is 11.5 Å². The van der Waals surface area contributed by atoms with E-state index in [0.29, 0.717) is 29.7 Å². The van der Waals surface area contributed by atoms with E-state index in [0.717, 1.165) is 16.9 Å². The maximum Gasteiger partial charge on any atom is 0.258 e. The molecule has 0 bridgehead atoms. The fraction of sp³-hybridized carbons (Fsp3) is 0.250. The molecule has 1 aliphatic rings. The normalized spacial score (nSPS) is 16.8. The lowest BCUT2D eigenvalue weighted by atomic mass is 10.1. The molecule has 3 aromatic rings. The maximum atomic E-state index is 12.4. The molecule has 2 aromatic carbocycles. The van der Waals surface area contributed by atoms with Crippen LogP contribution in [0.3, 0.4) is 0 Å². The Kier molecular flexibility index (Phi) is 4.58. The van der Waals surface area contributed by atoms with Gasteiger partial charge >= 0.3 is 0 Å². The van der Waals surface area contributed by atoms with Gasteiger partial charge in [-0.1, -0.05) is 22.8 Å². The Morgan fingerprint density at radius 3 is 2.70 bits per heavy atom. The van der Waals surface area contributed by atoms with Gasteiger partial charge < -0.3 is 14.3 Å². The van der Waals surface area contributed by atoms with E-state index in [2.05, 4.69) is 10.1 Å². The Labute approximate surface area is 162 Å². The number of hydrogen-bond donors (Lipinski definition) is 0. The lowest BCUT2D eigenvalue weighted by Gasteiger charge is -2.16. The molecule has 7 heteroatoms. The minimum absolute atomic E-state index is 0.0447. The summed E-state index contributed by atoms with van der Waals surface area (Å²) in [7, 11) is 3.96. The number of carbonyl (C=O) groups excluding carboxylic acids is 1. The summed E-state index contributed by atoms with van der Waals surface area (Å²) < 4.78 is 5.46. The second kappa shape index (κ2) is 7.04. The highest BCUT2D eigenvalue weighted by Crippen LogP contribution is 2.32. The molecule has 0 spiro atoms. The van der Waals surface area contributed by atoms with Gasteiger partial charge in [-0.25, -0.2) is 0 Å². The van der Waals surface area contributed by atoms with Crippen LogP contribution in [0.4, 0.5) is 11.4 Å². The summed E-state index contributed by atoms with van der Waals surface area (Å²) in [6.45, 7) is 0.525. The van der Waals surface area contributed by atoms with Gasteiger partial charge in [-0.05, 0) is 42.5 Å². The Balaban J connectivity index is 1.54. The molecule has 138 valence electrons. The van der Waals surface area contributed by atoms with Gasteiger partial charge in [0.25, 0.3) is 5.89 Å². The summed E-state index contributed by atoms with van der Waals surface area (Å²) >= 11 is 5.93. The molecule has 1 saturated heterocycles. The van der Waals surface area contributed by atoms with Crippen LogP contribution in [0.2, 0.25) is 5.02 Å². The highest BCUT2D eigenvalue weighted by atomic mass is 35.5. The van der Waals surface area contributed by atoms with Crippen LogP contribution in [-0.2, 0) is 4.79 Å². The van der Waals surface area contributed by atoms with Crippen molar-refractivity contribution in [3.63, 3.8) is 0 Å². The summed E-state index contributed by atoms with van der Waals surface area (Å²) in [5.41, 5.74) is 2.74. The van der Waals surface area contributed by atoms with Gasteiger partial charge in [-0.2, -0.15) is 4.98 Å². The third kappa shape index (κ3) is 3.53. The topological polar surface area (TPSA) is 62.5 Å². The molecule has 6 nitrogen and oxygen atoms in total. The van der Waals surface area contributed by atoms with Crippen LogP contribution in [0.5, 0.6) is 0 Å². The highest BCUT2D eigenvalue weighted by Gasteiger charge is 2.34. The van der Waals surface area contributed by atoms with Crippen LogP contribution >= 0.6 is 11.6 Å². The van der Waals surface area contributed by atoms with Gasteiger partial charge in [-0.3, -0.25) is 4.79 Å². The number of rotatable bonds is 4. The third-order valence-corrected chi connectivity index (χ3v) is 4.93. The molecule has 0 aliphatic carbocycles. The molecule has 1 amide bonds. The monoisotopic (exact) mass is 382 g/mol. The zero-order valence-corrected chi connectivity index (χ0v) is 15.8. The zero-order valence-electron chi connectivity index (χ0n) is 15.1. The Morgan fingerprint density at radius 1 is 1.19 bits per heavy atom. The predicted molar refractivity (Wildman–Crippen MR) is 105 cm³/mol. The van der Waals surface area contributed by atoms with Crippen LogP contribution < -0.4 is 9.80 Å². The van der Waals surface area contributed by atoms with E-state index in [9.17, 15) is 4.79 Å². The first kappa shape index (κ1) is 17.5. The number of carbonyl (C=O) groups is 1. The minimum atomic E-state index is -0.0947. The summed E-state index contributed by atoms with van der Waals surface area (Å²) in [5, 5.41) is 4.77. The first-order valence-corrected chi connectivity index (χ1v) is 9.06. The summed E-state index contributed by atoms with van der Waals surface area (Å²) in [5.74, 6) is 0.974. The van der Waals surface area contributed by atoms with Crippen molar-refractivity contribution in [2.45, 2.75) is 12.3 Å². The first-order valence-electron chi connectivity index (χ1n) is 8.68. The number of anilines is 2. The van der Waals surface area contributed by atoms with Crippen molar-refractivity contribution in [1.82, 2.24) is 10.1 Å². The van der Waals surface area contributed by atoms with Crippen molar-refractivity contribution in [3.05, 3.63) is 59.4 Å². The molecular formula is C20H19ClN4O2. The van der Waals surface area contributed by atoms with E-state index >= 15 is 0 Å². The molecule has 1 fully saturated rings. The quantitative estimate of drug-likeness (QED) is 0.683. The van der Waals surface area contributed by atoms with E-state index < -0.39 is 0 Å². The van der Waals surface area contributed by atoms with Crippen LogP contribution in [0.1, 0.15) is 18.2 Å². The lowest BCUT2D eigenvalue weighted by Crippen LogP contribution is -2.24. The van der Waals surface area contributed by atoms with Crippen LogP contribution in [0, 0.1) is 0 Å². The van der Waals surface area contributed by atoms with Crippen molar-refractivity contribution in [2.24, 2.45) is 0 Å². The van der Waals surface area contributed by atoms with Gasteiger partial charge in [0.05, 0.1) is 0 Å². The molecule has 4 rings (SSSR count). The Hall–Kier alpha value is -2.86. The molecule has 27 heavy (non-hydrogen) atoms. The number of hydrogen-bond acceptors (Lipinski definition) is 5. The van der Waals surface area contributed by atoms with E-state index in [-0.39, 0.29) is 11.8 Å². The average molecular weight is 383 g/mol. The van der Waals surface area contributed by atoms with E-state index in [4.69, 9.17) is 16.1 Å². The maximum absolute atomic E-state index is 12.4. The Bertz CT molecular complexity index is 968. The van der Waals surface area contributed by atoms with Crippen molar-refractivity contribution in [2.75, 3.05) is 30.4 Å². The van der Waals surface area contributed by atoms with E-state index in [1.54, 1.807) is 17.0 Å². The van der Waals surface area contributed by atoms with Gasteiger partial charge in [-0.15, -0.1) is 0 Å². The SMILES string of the molecule is CN(C)c1cccc(-c2nc(C3CC(=O)N(c4ccc(Cl)cc4)C3)no2)c1. The average Bonchev–Trinajstić information content (AvgIpc) is 3.29. The first-order chi connectivity index (χ1) is 13.0. The molecule has 1 atom stereocenters. The molecular weight excluding hydrogens is 364 g/mol. The fourth-order valence-electron chi connectivity index (χ4n) is 3.19. The second-order valence-corrected chi connectivity index (χ2v) is 7.22. The smallest absolute Gasteiger partial charge is 0.258 e. The zero-order chi connectivity index (χ0) is 19.0. The number of nitrogens with zero attached hydrogens (tertiary/aromatic N) is 4.